The van der Waals surface area contributed by atoms with Gasteiger partial charge in [0.2, 0.25) is 5.91 Å². The van der Waals surface area contributed by atoms with E-state index in [1.54, 1.807) is 24.7 Å². The number of aryl methyl sites for hydroxylation is 2. The largest absolute Gasteiger partial charge is 0.352 e. The second kappa shape index (κ2) is 9.93. The highest BCUT2D eigenvalue weighted by molar-refractivity contribution is 7.89. The molecule has 1 aromatic heterocycles. The van der Waals surface area contributed by atoms with Crippen molar-refractivity contribution in [3.8, 4) is 0 Å². The minimum absolute atomic E-state index is 0.00292. The average molecular weight is 448 g/mol. The molecule has 0 radical (unpaired) electrons. The Balaban J connectivity index is 1.59. The Morgan fingerprint density at radius 2 is 1.87 bits per heavy atom. The average Bonchev–Trinajstić information content (AvgIpc) is 3.07. The molecule has 170 valence electrons. The van der Waals surface area contributed by atoms with E-state index in [-0.39, 0.29) is 22.9 Å². The van der Waals surface area contributed by atoms with Gasteiger partial charge in [0.05, 0.1) is 0 Å². The van der Waals surface area contributed by atoms with Crippen molar-refractivity contribution in [1.82, 2.24) is 24.1 Å². The zero-order chi connectivity index (χ0) is 22.6. The number of amides is 1. The van der Waals surface area contributed by atoms with Crippen molar-refractivity contribution in [2.45, 2.75) is 37.3 Å². The molecule has 1 atom stereocenters. The van der Waals surface area contributed by atoms with E-state index in [1.807, 2.05) is 32.3 Å². The first-order chi connectivity index (χ1) is 14.7. The molecule has 0 bridgehead atoms. The van der Waals surface area contributed by atoms with E-state index in [0.29, 0.717) is 31.8 Å². The molecule has 31 heavy (non-hydrogen) atoms. The van der Waals surface area contributed by atoms with Crippen LogP contribution in [0.1, 0.15) is 24.2 Å². The summed E-state index contributed by atoms with van der Waals surface area (Å²) in [4.78, 5) is 19.2. The van der Waals surface area contributed by atoms with Crippen LogP contribution < -0.4 is 5.32 Å². The number of piperidine rings is 1. The van der Waals surface area contributed by atoms with Crippen LogP contribution in [0.2, 0.25) is 0 Å². The van der Waals surface area contributed by atoms with E-state index >= 15 is 0 Å². The summed E-state index contributed by atoms with van der Waals surface area (Å²) in [6, 6.07) is 10.1. The lowest BCUT2D eigenvalue weighted by Crippen LogP contribution is -2.48. The molecule has 1 amide bonds. The smallest absolute Gasteiger partial charge is 0.262 e. The second-order valence-electron chi connectivity index (χ2n) is 8.57. The molecule has 0 saturated carbocycles. The molecule has 0 aliphatic carbocycles. The van der Waals surface area contributed by atoms with Gasteiger partial charge < -0.3 is 14.8 Å². The number of nitrogens with zero attached hydrogens (tertiary/aromatic N) is 4. The Morgan fingerprint density at radius 3 is 2.42 bits per heavy atom. The van der Waals surface area contributed by atoms with Gasteiger partial charge in [0.15, 0.2) is 5.03 Å². The van der Waals surface area contributed by atoms with Crippen LogP contribution in [0.5, 0.6) is 0 Å². The van der Waals surface area contributed by atoms with Gasteiger partial charge in [-0.25, -0.2) is 13.4 Å². The molecule has 8 nitrogen and oxygen atoms in total. The summed E-state index contributed by atoms with van der Waals surface area (Å²) >= 11 is 0. The van der Waals surface area contributed by atoms with Crippen LogP contribution in [0.3, 0.4) is 0 Å². The van der Waals surface area contributed by atoms with Crippen molar-refractivity contribution in [2.75, 3.05) is 33.7 Å². The molecule has 1 saturated heterocycles. The van der Waals surface area contributed by atoms with Crippen LogP contribution in [0, 0.1) is 12.8 Å². The van der Waals surface area contributed by atoms with Crippen LogP contribution in [0.25, 0.3) is 0 Å². The van der Waals surface area contributed by atoms with Gasteiger partial charge in [0.25, 0.3) is 10.0 Å². The molecular formula is C22H33N5O3S. The summed E-state index contributed by atoms with van der Waals surface area (Å²) in [6.07, 6.45) is 3.32. The molecule has 1 aliphatic heterocycles. The van der Waals surface area contributed by atoms with E-state index in [0.717, 1.165) is 13.0 Å². The standard InChI is InChI=1S/C22H33N5O3S/c1-17-23-21(16-26(17)4)31(29,30)27-12-10-19(11-13-27)22(28)24-20(15-25(2)3)14-18-8-6-5-7-9-18/h5-9,16,19-20H,10-15H2,1-4H3,(H,24,28). The quantitative estimate of drug-likeness (QED) is 0.661. The summed E-state index contributed by atoms with van der Waals surface area (Å²) in [7, 11) is 2.13. The van der Waals surface area contributed by atoms with Crippen molar-refractivity contribution < 1.29 is 13.2 Å². The summed E-state index contributed by atoms with van der Waals surface area (Å²) in [5.41, 5.74) is 1.18. The second-order valence-corrected chi connectivity index (χ2v) is 10.5. The van der Waals surface area contributed by atoms with Crippen molar-refractivity contribution in [3.05, 3.63) is 47.9 Å². The maximum Gasteiger partial charge on any atom is 0.262 e. The minimum atomic E-state index is -3.63. The number of aromatic nitrogens is 2. The van der Waals surface area contributed by atoms with Gasteiger partial charge in [-0.1, -0.05) is 30.3 Å². The molecule has 2 aromatic rings. The van der Waals surface area contributed by atoms with Crippen molar-refractivity contribution in [2.24, 2.45) is 13.0 Å². The van der Waals surface area contributed by atoms with E-state index in [1.165, 1.54) is 9.87 Å². The van der Waals surface area contributed by atoms with Gasteiger partial charge in [-0.3, -0.25) is 4.79 Å². The number of nitrogens with one attached hydrogen (secondary N) is 1. The first-order valence-electron chi connectivity index (χ1n) is 10.7. The van der Waals surface area contributed by atoms with E-state index < -0.39 is 10.0 Å². The third kappa shape index (κ3) is 5.93. The zero-order valence-electron chi connectivity index (χ0n) is 18.8. The lowest BCUT2D eigenvalue weighted by molar-refractivity contribution is -0.126. The molecule has 1 aromatic carbocycles. The van der Waals surface area contributed by atoms with Crippen LogP contribution in [0.15, 0.2) is 41.6 Å². The summed E-state index contributed by atoms with van der Waals surface area (Å²) in [6.45, 7) is 3.17. The maximum absolute atomic E-state index is 12.9. The summed E-state index contributed by atoms with van der Waals surface area (Å²) in [5.74, 6) is 0.476. The van der Waals surface area contributed by atoms with E-state index in [2.05, 4.69) is 27.3 Å². The molecule has 0 spiro atoms. The predicted molar refractivity (Wildman–Crippen MR) is 120 cm³/mol. The van der Waals surface area contributed by atoms with Crippen LogP contribution in [-0.4, -0.2) is 72.9 Å². The van der Waals surface area contributed by atoms with Gasteiger partial charge in [-0.2, -0.15) is 4.31 Å². The van der Waals surface area contributed by atoms with Gasteiger partial charge >= 0.3 is 0 Å². The van der Waals surface area contributed by atoms with Crippen molar-refractivity contribution >= 4 is 15.9 Å². The fourth-order valence-electron chi connectivity index (χ4n) is 3.96. The molecule has 1 N–H and O–H groups in total. The number of sulfonamides is 1. The molecule has 2 heterocycles. The zero-order valence-corrected chi connectivity index (χ0v) is 19.6. The number of benzene rings is 1. The first-order valence-corrected chi connectivity index (χ1v) is 12.1. The first kappa shape index (κ1) is 23.4. The third-order valence-corrected chi connectivity index (χ3v) is 7.54. The molecule has 1 aliphatic rings. The monoisotopic (exact) mass is 447 g/mol. The lowest BCUT2D eigenvalue weighted by Gasteiger charge is -2.31. The molecule has 1 fully saturated rings. The topological polar surface area (TPSA) is 87.5 Å². The highest BCUT2D eigenvalue weighted by Crippen LogP contribution is 2.24. The normalized spacial score (nSPS) is 17.1. The molecule has 1 unspecified atom stereocenters. The Hall–Kier alpha value is -2.23. The van der Waals surface area contributed by atoms with Gasteiger partial charge in [0.1, 0.15) is 5.82 Å². The molecule has 9 heteroatoms. The summed E-state index contributed by atoms with van der Waals surface area (Å²) < 4.78 is 28.9. The Labute approximate surface area is 185 Å². The number of imidazole rings is 1. The number of carbonyl (C=O) groups is 1. The van der Waals surface area contributed by atoms with Gasteiger partial charge in [0, 0.05) is 44.8 Å². The van der Waals surface area contributed by atoms with Gasteiger partial charge in [-0.15, -0.1) is 0 Å². The minimum Gasteiger partial charge on any atom is -0.352 e. The Kier molecular flexibility index (Phi) is 7.51. The van der Waals surface area contributed by atoms with Crippen LogP contribution >= 0.6 is 0 Å². The molecular weight excluding hydrogens is 414 g/mol. The van der Waals surface area contributed by atoms with Crippen molar-refractivity contribution in [1.29, 1.82) is 0 Å². The Bertz CT molecular complexity index is 960. The van der Waals surface area contributed by atoms with Crippen LogP contribution in [-0.2, 0) is 28.3 Å². The van der Waals surface area contributed by atoms with Crippen LogP contribution in [0.4, 0.5) is 0 Å². The lowest BCUT2D eigenvalue weighted by atomic mass is 9.96. The highest BCUT2D eigenvalue weighted by Gasteiger charge is 2.34. The fraction of sp³-hybridized carbons (Fsp3) is 0.545. The fourth-order valence-corrected chi connectivity index (χ4v) is 5.46. The van der Waals surface area contributed by atoms with E-state index in [4.69, 9.17) is 0 Å². The highest BCUT2D eigenvalue weighted by atomic mass is 32.2. The van der Waals surface area contributed by atoms with Crippen molar-refractivity contribution in [3.63, 3.8) is 0 Å². The third-order valence-electron chi connectivity index (χ3n) is 5.77. The summed E-state index contributed by atoms with van der Waals surface area (Å²) in [5, 5.41) is 3.27. The number of hydrogen-bond acceptors (Lipinski definition) is 5. The number of rotatable bonds is 8. The predicted octanol–water partition coefficient (Wildman–Crippen LogP) is 1.42. The molecule has 3 rings (SSSR count). The SMILES string of the molecule is Cc1nc(S(=O)(=O)N2CCC(C(=O)NC(Cc3ccccc3)CN(C)C)CC2)cn1C. The number of likely N-dealkylation sites (N-methyl/N-ethyl adjacent to an activating group) is 1. The number of carbonyl (C=O) groups excluding carboxylic acids is 1. The maximum atomic E-state index is 12.9. The Morgan fingerprint density at radius 1 is 1.23 bits per heavy atom. The number of hydrogen-bond donors (Lipinski definition) is 1. The van der Waals surface area contributed by atoms with Gasteiger partial charge in [-0.05, 0) is 45.8 Å². The van der Waals surface area contributed by atoms with E-state index in [9.17, 15) is 13.2 Å².